The second-order valence-electron chi connectivity index (χ2n) is 9.37. The number of nitrogens with one attached hydrogen (secondary N) is 1. The van der Waals surface area contributed by atoms with Crippen LogP contribution in [0.25, 0.3) is 33.1 Å². The van der Waals surface area contributed by atoms with E-state index in [0.717, 1.165) is 16.5 Å². The summed E-state index contributed by atoms with van der Waals surface area (Å²) in [6, 6.07) is 13.3. The Morgan fingerprint density at radius 3 is 2.36 bits per heavy atom. The zero-order chi connectivity index (χ0) is 27.8. The number of carboxylic acid groups (broad SMARTS) is 1. The molecule has 0 aliphatic rings. The largest absolute Gasteiger partial charge is 0.480 e. The zero-order valence-corrected chi connectivity index (χ0v) is 21.8. The molecule has 2 aromatic heterocycles. The molecule has 5 aromatic rings. The second kappa shape index (κ2) is 10.4. The number of aryl methyl sites for hydroxylation is 2. The lowest BCUT2D eigenvalue weighted by Gasteiger charge is -2.15. The van der Waals surface area contributed by atoms with Gasteiger partial charge in [-0.1, -0.05) is 35.9 Å². The number of benzene rings is 3. The Morgan fingerprint density at radius 1 is 1.00 bits per heavy atom. The number of carbonyl (C=O) groups is 2. The van der Waals surface area contributed by atoms with Crippen molar-refractivity contribution in [3.63, 3.8) is 0 Å². The van der Waals surface area contributed by atoms with Crippen molar-refractivity contribution < 1.29 is 27.9 Å². The first-order valence-corrected chi connectivity index (χ1v) is 12.5. The van der Waals surface area contributed by atoms with Gasteiger partial charge in [0, 0.05) is 33.3 Å². The molecular weight excluding hydrogens is 525 g/mol. The molecule has 0 bridgehead atoms. The van der Waals surface area contributed by atoms with Gasteiger partial charge in [-0.2, -0.15) is 0 Å². The third kappa shape index (κ3) is 5.15. The molecule has 0 fully saturated rings. The van der Waals surface area contributed by atoms with Crippen molar-refractivity contribution in [3.05, 3.63) is 104 Å². The fraction of sp³-hybridized carbons (Fsp3) is 0.167. The monoisotopic (exact) mass is 547 g/mol. The lowest BCUT2D eigenvalue weighted by atomic mass is 9.97. The van der Waals surface area contributed by atoms with Gasteiger partial charge >= 0.3 is 11.6 Å². The lowest BCUT2D eigenvalue weighted by molar-refractivity contribution is -0.141. The van der Waals surface area contributed by atoms with Crippen LogP contribution in [0.4, 0.5) is 4.39 Å². The van der Waals surface area contributed by atoms with E-state index in [1.807, 2.05) is 6.07 Å². The smallest absolute Gasteiger partial charge is 0.340 e. The van der Waals surface area contributed by atoms with E-state index in [9.17, 15) is 23.9 Å². The number of halogens is 2. The highest BCUT2D eigenvalue weighted by Gasteiger charge is 2.24. The summed E-state index contributed by atoms with van der Waals surface area (Å²) in [5, 5.41) is 14.0. The number of furan rings is 1. The van der Waals surface area contributed by atoms with Crippen LogP contribution in [0.3, 0.4) is 0 Å². The molecule has 9 heteroatoms. The van der Waals surface area contributed by atoms with Gasteiger partial charge in [0.1, 0.15) is 23.0 Å². The number of aliphatic carboxylic acids is 1. The average Bonchev–Trinajstić information content (AvgIpc) is 3.33. The van der Waals surface area contributed by atoms with Crippen molar-refractivity contribution in [1.29, 1.82) is 0 Å². The maximum Gasteiger partial charge on any atom is 0.340 e. The van der Waals surface area contributed by atoms with Crippen molar-refractivity contribution in [2.45, 2.75) is 32.7 Å². The van der Waals surface area contributed by atoms with Crippen LogP contribution >= 0.6 is 11.6 Å². The van der Waals surface area contributed by atoms with E-state index in [4.69, 9.17) is 20.4 Å². The molecule has 0 aliphatic heterocycles. The molecule has 0 radical (unpaired) electrons. The minimum Gasteiger partial charge on any atom is -0.480 e. The Morgan fingerprint density at radius 2 is 1.69 bits per heavy atom. The number of rotatable bonds is 7. The van der Waals surface area contributed by atoms with Crippen molar-refractivity contribution >= 4 is 45.4 Å². The molecule has 0 saturated carbocycles. The lowest BCUT2D eigenvalue weighted by Crippen LogP contribution is -2.43. The molecule has 0 spiro atoms. The molecule has 1 amide bonds. The third-order valence-corrected chi connectivity index (χ3v) is 7.07. The van der Waals surface area contributed by atoms with E-state index in [0.29, 0.717) is 38.3 Å². The highest BCUT2D eigenvalue weighted by atomic mass is 35.5. The van der Waals surface area contributed by atoms with Crippen molar-refractivity contribution in [1.82, 2.24) is 5.32 Å². The first-order valence-electron chi connectivity index (χ1n) is 12.1. The van der Waals surface area contributed by atoms with E-state index in [1.165, 1.54) is 12.1 Å². The SMILES string of the molecule is Cc1c(CC(=O)N[C@H](Cc2ccc(Cl)cc2)C(=O)O)c(=O)oc2c(C)c3occ(-c4ccc(F)cc4)c3cc12. The Balaban J connectivity index is 1.48. The van der Waals surface area contributed by atoms with Crippen molar-refractivity contribution in [2.75, 3.05) is 0 Å². The maximum absolute atomic E-state index is 13.5. The molecule has 0 aliphatic carbocycles. The summed E-state index contributed by atoms with van der Waals surface area (Å²) in [6.45, 7) is 3.48. The first-order chi connectivity index (χ1) is 18.6. The predicted octanol–water partition coefficient (Wildman–Crippen LogP) is 5.97. The number of hydrogen-bond donors (Lipinski definition) is 2. The normalized spacial score (nSPS) is 12.1. The molecule has 198 valence electrons. The van der Waals surface area contributed by atoms with Crippen molar-refractivity contribution in [2.24, 2.45) is 0 Å². The second-order valence-corrected chi connectivity index (χ2v) is 9.81. The molecular formula is C30H23ClFNO6. The fourth-order valence-electron chi connectivity index (χ4n) is 4.72. The summed E-state index contributed by atoms with van der Waals surface area (Å²) in [5.41, 5.74) is 3.63. The Hall–Kier alpha value is -4.43. The Kier molecular flexibility index (Phi) is 6.97. The minimum absolute atomic E-state index is 0.0490. The first kappa shape index (κ1) is 26.2. The van der Waals surface area contributed by atoms with Gasteiger partial charge < -0.3 is 19.3 Å². The predicted molar refractivity (Wildman–Crippen MR) is 146 cm³/mol. The molecule has 2 heterocycles. The Bertz CT molecular complexity index is 1790. The van der Waals surface area contributed by atoms with Gasteiger partial charge in [0.15, 0.2) is 0 Å². The standard InChI is InChI=1S/C30H23ClFNO6/c1-15-21-12-23-24(18-5-9-20(32)10-6-18)14-38-27(23)16(2)28(21)39-30(37)22(15)13-26(34)33-25(29(35)36)11-17-3-7-19(31)8-4-17/h3-10,12,14,25H,11,13H2,1-2H3,(H,33,34)(H,35,36)/t25-/m1/s1. The van der Waals surface area contributed by atoms with Crippen LogP contribution in [0.5, 0.6) is 0 Å². The number of carbonyl (C=O) groups excluding carboxylic acids is 1. The quantitative estimate of drug-likeness (QED) is 0.243. The van der Waals surface area contributed by atoms with E-state index in [2.05, 4.69) is 5.32 Å². The van der Waals surface area contributed by atoms with Gasteiger partial charge in [0.05, 0.1) is 18.2 Å². The maximum atomic E-state index is 13.5. The van der Waals surface area contributed by atoms with Crippen LogP contribution in [-0.4, -0.2) is 23.0 Å². The number of hydrogen-bond acceptors (Lipinski definition) is 5. The van der Waals surface area contributed by atoms with Gasteiger partial charge in [-0.15, -0.1) is 0 Å². The van der Waals surface area contributed by atoms with E-state index < -0.39 is 23.5 Å². The highest BCUT2D eigenvalue weighted by molar-refractivity contribution is 6.30. The highest BCUT2D eigenvalue weighted by Crippen LogP contribution is 2.37. The summed E-state index contributed by atoms with van der Waals surface area (Å²) < 4.78 is 24.9. The van der Waals surface area contributed by atoms with Crippen LogP contribution in [-0.2, 0) is 22.4 Å². The Labute approximate surface area is 226 Å². The van der Waals surface area contributed by atoms with Gasteiger partial charge in [-0.3, -0.25) is 4.79 Å². The third-order valence-electron chi connectivity index (χ3n) is 6.82. The summed E-state index contributed by atoms with van der Waals surface area (Å²) in [4.78, 5) is 37.7. The van der Waals surface area contributed by atoms with Crippen LogP contribution in [0.2, 0.25) is 5.02 Å². The molecule has 39 heavy (non-hydrogen) atoms. The van der Waals surface area contributed by atoms with Crippen LogP contribution in [0.1, 0.15) is 22.3 Å². The molecule has 1 atom stereocenters. The topological polar surface area (TPSA) is 110 Å². The van der Waals surface area contributed by atoms with E-state index >= 15 is 0 Å². The minimum atomic E-state index is -1.20. The van der Waals surface area contributed by atoms with Crippen LogP contribution in [0, 0.1) is 19.7 Å². The van der Waals surface area contributed by atoms with Crippen LogP contribution in [0.15, 0.2) is 74.5 Å². The van der Waals surface area contributed by atoms with Gasteiger partial charge in [0.25, 0.3) is 0 Å². The van der Waals surface area contributed by atoms with Crippen molar-refractivity contribution in [3.8, 4) is 11.1 Å². The van der Waals surface area contributed by atoms with Gasteiger partial charge in [-0.05, 0) is 60.9 Å². The number of amides is 1. The number of fused-ring (bicyclic) bond motifs is 2. The zero-order valence-electron chi connectivity index (χ0n) is 21.0. The average molecular weight is 548 g/mol. The summed E-state index contributed by atoms with van der Waals surface area (Å²) in [6.07, 6.45) is 1.26. The summed E-state index contributed by atoms with van der Waals surface area (Å²) in [7, 11) is 0. The summed E-state index contributed by atoms with van der Waals surface area (Å²) >= 11 is 5.89. The fourth-order valence-corrected chi connectivity index (χ4v) is 4.84. The van der Waals surface area contributed by atoms with E-state index in [1.54, 1.807) is 56.5 Å². The molecule has 7 nitrogen and oxygen atoms in total. The van der Waals surface area contributed by atoms with Gasteiger partial charge in [-0.25, -0.2) is 14.0 Å². The number of carboxylic acids is 1. The molecule has 3 aromatic carbocycles. The molecule has 2 N–H and O–H groups in total. The van der Waals surface area contributed by atoms with Gasteiger partial charge in [0.2, 0.25) is 5.91 Å². The van der Waals surface area contributed by atoms with Crippen LogP contribution < -0.4 is 10.9 Å². The molecule has 0 saturated heterocycles. The summed E-state index contributed by atoms with van der Waals surface area (Å²) in [5.74, 6) is -2.18. The molecule has 0 unspecified atom stereocenters. The molecule has 5 rings (SSSR count). The van der Waals surface area contributed by atoms with E-state index in [-0.39, 0.29) is 24.2 Å².